The Morgan fingerprint density at radius 3 is 2.59 bits per heavy atom. The third-order valence-corrected chi connectivity index (χ3v) is 8.89. The van der Waals surface area contributed by atoms with Gasteiger partial charge in [0, 0.05) is 36.5 Å². The summed E-state index contributed by atoms with van der Waals surface area (Å²) in [5.41, 5.74) is 10.2. The van der Waals surface area contributed by atoms with Gasteiger partial charge in [-0.25, -0.2) is 9.97 Å². The van der Waals surface area contributed by atoms with Gasteiger partial charge in [-0.2, -0.15) is 23.3 Å². The molecule has 1 aliphatic heterocycles. The molecule has 212 valence electrons. The molecule has 9 nitrogen and oxygen atoms in total. The molecule has 0 saturated carbocycles. The maximum absolute atomic E-state index is 13.5. The number of hydrogen-bond donors (Lipinski definition) is 3. The molecule has 12 heteroatoms. The Morgan fingerprint density at radius 2 is 1.85 bits per heavy atom. The first-order chi connectivity index (χ1) is 19.4. The van der Waals surface area contributed by atoms with Crippen molar-refractivity contribution in [3.8, 4) is 0 Å². The monoisotopic (exact) mass is 562 g/mol. The van der Waals surface area contributed by atoms with Crippen molar-refractivity contribution in [2.45, 2.75) is 51.7 Å². The Hall–Kier alpha value is -4.06. The Morgan fingerprint density at radius 1 is 1.10 bits per heavy atom. The molecule has 0 unspecified atom stereocenters. The number of nitrogens with zero attached hydrogens (tertiary/aromatic N) is 5. The molecule has 0 radical (unpaired) electrons. The molecule has 2 aliphatic carbocycles. The van der Waals surface area contributed by atoms with Crippen LogP contribution in [0.25, 0.3) is 16.6 Å². The molecule has 41 heavy (non-hydrogen) atoms. The molecular weight excluding hydrogens is 533 g/mol. The Bertz CT molecular complexity index is 1780. The average molecular weight is 563 g/mol. The minimum atomic E-state index is -4.65. The van der Waals surface area contributed by atoms with E-state index in [0.29, 0.717) is 47.9 Å². The lowest BCUT2D eigenvalue weighted by atomic mass is 9.73. The number of allylic oxidation sites excluding steroid dienone is 1. The van der Waals surface area contributed by atoms with Gasteiger partial charge < -0.3 is 10.6 Å². The summed E-state index contributed by atoms with van der Waals surface area (Å²) < 4.78 is 40.0. The number of aromatic nitrogens is 6. The smallest absolute Gasteiger partial charge is 0.342 e. The van der Waals surface area contributed by atoms with Crippen LogP contribution in [0.3, 0.4) is 0 Å². The van der Waals surface area contributed by atoms with Crippen LogP contribution < -0.4 is 16.2 Å². The SMILES string of the molecule is CC1(C)C=C(c2n[nH]c3nc(N4CCC5(CC4)Cc4ccccc4[C@H]5N)[nH]c(=O)c23)c2cnc(C(F)(F)F)nc2C1. The third kappa shape index (κ3) is 4.14. The van der Waals surface area contributed by atoms with Crippen molar-refractivity contribution in [3.63, 3.8) is 0 Å². The van der Waals surface area contributed by atoms with Crippen LogP contribution >= 0.6 is 0 Å². The van der Waals surface area contributed by atoms with Gasteiger partial charge in [0.15, 0.2) is 5.65 Å². The zero-order chi connectivity index (χ0) is 28.7. The van der Waals surface area contributed by atoms with Crippen molar-refractivity contribution < 1.29 is 13.2 Å². The molecular formula is C29H29F3N8O. The summed E-state index contributed by atoms with van der Waals surface area (Å²) in [7, 11) is 0. The van der Waals surface area contributed by atoms with Crippen LogP contribution in [0.1, 0.15) is 66.6 Å². The lowest BCUT2D eigenvalue weighted by Crippen LogP contribution is -2.45. The number of anilines is 1. The average Bonchev–Trinajstić information content (AvgIpc) is 3.47. The van der Waals surface area contributed by atoms with Crippen molar-refractivity contribution in [1.29, 1.82) is 0 Å². The first kappa shape index (κ1) is 25.9. The van der Waals surface area contributed by atoms with E-state index in [1.807, 2.05) is 26.0 Å². The molecule has 0 bridgehead atoms. The topological polar surface area (TPSA) is 129 Å². The van der Waals surface area contributed by atoms with Crippen molar-refractivity contribution in [2.75, 3.05) is 18.0 Å². The molecule has 1 saturated heterocycles. The number of halogens is 3. The van der Waals surface area contributed by atoms with Gasteiger partial charge in [-0.05, 0) is 47.6 Å². The largest absolute Gasteiger partial charge is 0.451 e. The fraction of sp³-hybridized carbons (Fsp3) is 0.414. The molecule has 0 amide bonds. The number of fused-ring (bicyclic) bond motifs is 3. The molecule has 7 rings (SSSR count). The highest BCUT2D eigenvalue weighted by atomic mass is 19.4. The van der Waals surface area contributed by atoms with E-state index in [1.54, 1.807) is 0 Å². The minimum absolute atomic E-state index is 0.00651. The Labute approximate surface area is 233 Å². The summed E-state index contributed by atoms with van der Waals surface area (Å²) in [6.07, 6.45) is 1.41. The van der Waals surface area contributed by atoms with E-state index in [4.69, 9.17) is 10.7 Å². The highest BCUT2D eigenvalue weighted by Gasteiger charge is 2.46. The maximum Gasteiger partial charge on any atom is 0.451 e. The van der Waals surface area contributed by atoms with E-state index < -0.39 is 17.4 Å². The van der Waals surface area contributed by atoms with Crippen LogP contribution in [0, 0.1) is 10.8 Å². The highest BCUT2D eigenvalue weighted by Crippen LogP contribution is 2.51. The fourth-order valence-corrected chi connectivity index (χ4v) is 6.80. The van der Waals surface area contributed by atoms with Gasteiger partial charge in [0.25, 0.3) is 5.56 Å². The van der Waals surface area contributed by atoms with E-state index in [0.717, 1.165) is 25.5 Å². The van der Waals surface area contributed by atoms with Crippen LogP contribution in [-0.2, 0) is 19.0 Å². The normalized spacial score (nSPS) is 21.2. The van der Waals surface area contributed by atoms with Crippen LogP contribution in [0.5, 0.6) is 0 Å². The number of hydrogen-bond acceptors (Lipinski definition) is 7. The number of piperidine rings is 1. The van der Waals surface area contributed by atoms with Gasteiger partial charge in [-0.1, -0.05) is 44.2 Å². The predicted molar refractivity (Wildman–Crippen MR) is 147 cm³/mol. The number of rotatable bonds is 2. The molecule has 1 aromatic carbocycles. The molecule has 3 aliphatic rings. The lowest BCUT2D eigenvalue weighted by Gasteiger charge is -2.42. The van der Waals surface area contributed by atoms with E-state index >= 15 is 0 Å². The molecule has 3 aromatic heterocycles. The fourth-order valence-electron chi connectivity index (χ4n) is 6.80. The van der Waals surface area contributed by atoms with Gasteiger partial charge in [-0.15, -0.1) is 0 Å². The predicted octanol–water partition coefficient (Wildman–Crippen LogP) is 4.31. The van der Waals surface area contributed by atoms with Gasteiger partial charge >= 0.3 is 6.18 Å². The van der Waals surface area contributed by atoms with E-state index in [2.05, 4.69) is 48.2 Å². The van der Waals surface area contributed by atoms with Crippen molar-refractivity contribution in [3.05, 3.63) is 80.8 Å². The number of nitrogens with one attached hydrogen (secondary N) is 2. The van der Waals surface area contributed by atoms with Crippen molar-refractivity contribution >= 4 is 22.6 Å². The first-order valence-electron chi connectivity index (χ1n) is 13.7. The number of aromatic amines is 2. The molecule has 1 spiro atoms. The van der Waals surface area contributed by atoms with Gasteiger partial charge in [0.1, 0.15) is 11.1 Å². The molecule has 1 fully saturated rings. The summed E-state index contributed by atoms with van der Waals surface area (Å²) in [5, 5.41) is 7.52. The standard InChI is InChI=1S/C29H29F3N8O/c1-27(2)12-17(18-14-34-25(29(30,31)32)35-19(18)13-27)21-20-23(39-38-21)36-26(37-24(20)41)40-9-7-28(8-10-40)11-15-5-3-4-6-16(15)22(28)33/h3-6,12,14,22H,7-11,13,33H2,1-2H3,(H2,36,37,38,39,41)/t22-/m1/s1. The summed E-state index contributed by atoms with van der Waals surface area (Å²) in [6.45, 7) is 5.20. The molecule has 4 N–H and O–H groups in total. The van der Waals surface area contributed by atoms with Crippen LogP contribution in [0.15, 0.2) is 41.3 Å². The number of H-pyrrole nitrogens is 2. The Kier molecular flexibility index (Phi) is 5.50. The lowest BCUT2D eigenvalue weighted by molar-refractivity contribution is -0.145. The van der Waals surface area contributed by atoms with E-state index in [9.17, 15) is 18.0 Å². The summed E-state index contributed by atoms with van der Waals surface area (Å²) in [6, 6.07) is 8.34. The quantitative estimate of drug-likeness (QED) is 0.332. The highest BCUT2D eigenvalue weighted by molar-refractivity contribution is 5.94. The molecule has 1 atom stereocenters. The number of alkyl halides is 3. The Balaban J connectivity index is 1.20. The third-order valence-electron chi connectivity index (χ3n) is 8.89. The number of benzene rings is 1. The summed E-state index contributed by atoms with van der Waals surface area (Å²) >= 11 is 0. The minimum Gasteiger partial charge on any atom is -0.342 e. The molecule has 4 aromatic rings. The molecule has 4 heterocycles. The zero-order valence-electron chi connectivity index (χ0n) is 22.6. The maximum atomic E-state index is 13.5. The van der Waals surface area contributed by atoms with Gasteiger partial charge in [-0.3, -0.25) is 14.9 Å². The van der Waals surface area contributed by atoms with Crippen molar-refractivity contribution in [2.24, 2.45) is 16.6 Å². The zero-order valence-corrected chi connectivity index (χ0v) is 22.6. The first-order valence-corrected chi connectivity index (χ1v) is 13.7. The van der Waals surface area contributed by atoms with Crippen LogP contribution in [0.4, 0.5) is 19.1 Å². The summed E-state index contributed by atoms with van der Waals surface area (Å²) in [5.74, 6) is -0.733. The second-order valence-corrected chi connectivity index (χ2v) is 12.2. The van der Waals surface area contributed by atoms with Crippen molar-refractivity contribution in [1.82, 2.24) is 30.1 Å². The summed E-state index contributed by atoms with van der Waals surface area (Å²) in [4.78, 5) is 30.6. The second kappa shape index (κ2) is 8.72. The van der Waals surface area contributed by atoms with Crippen LogP contribution in [-0.4, -0.2) is 43.2 Å². The van der Waals surface area contributed by atoms with Crippen LogP contribution in [0.2, 0.25) is 0 Å². The van der Waals surface area contributed by atoms with Gasteiger partial charge in [0.2, 0.25) is 11.8 Å². The number of nitrogens with two attached hydrogens (primary N) is 1. The van der Waals surface area contributed by atoms with E-state index in [1.165, 1.54) is 11.1 Å². The van der Waals surface area contributed by atoms with E-state index in [-0.39, 0.29) is 28.1 Å². The second-order valence-electron chi connectivity index (χ2n) is 12.2. The van der Waals surface area contributed by atoms with Gasteiger partial charge in [0.05, 0.1) is 5.69 Å².